The molecule has 4 nitrogen and oxygen atoms in total. The second-order valence-electron chi connectivity index (χ2n) is 7.32. The molecule has 0 aliphatic heterocycles. The van der Waals surface area contributed by atoms with E-state index in [4.69, 9.17) is 14.7 Å². The lowest BCUT2D eigenvalue weighted by Crippen LogP contribution is -2.07. The molecule has 0 N–H and O–H groups in total. The van der Waals surface area contributed by atoms with Gasteiger partial charge in [0, 0.05) is 17.8 Å². The number of aromatic nitrogens is 3. The van der Waals surface area contributed by atoms with Crippen LogP contribution in [0, 0.1) is 13.8 Å². The summed E-state index contributed by atoms with van der Waals surface area (Å²) in [7, 11) is 1.70. The van der Waals surface area contributed by atoms with E-state index < -0.39 is 0 Å². The molecular formula is C22H27N3O. The topological polar surface area (TPSA) is 47.9 Å². The molecule has 0 aliphatic carbocycles. The Bertz CT molecular complexity index is 934. The zero-order chi connectivity index (χ0) is 18.8. The van der Waals surface area contributed by atoms with Crippen molar-refractivity contribution in [3.63, 3.8) is 0 Å². The second-order valence-corrected chi connectivity index (χ2v) is 7.32. The molecule has 0 bridgehead atoms. The van der Waals surface area contributed by atoms with Crippen LogP contribution in [-0.4, -0.2) is 22.1 Å². The van der Waals surface area contributed by atoms with Crippen LogP contribution in [0.5, 0.6) is 5.75 Å². The first kappa shape index (κ1) is 18.3. The average Bonchev–Trinajstić information content (AvgIpc) is 2.61. The van der Waals surface area contributed by atoms with Crippen LogP contribution in [0.25, 0.3) is 11.0 Å². The molecule has 3 rings (SSSR count). The number of pyridine rings is 1. The first-order valence-electron chi connectivity index (χ1n) is 9.17. The quantitative estimate of drug-likeness (QED) is 0.641. The lowest BCUT2D eigenvalue weighted by molar-refractivity contribution is 0.402. The van der Waals surface area contributed by atoms with Crippen molar-refractivity contribution in [3.05, 3.63) is 58.7 Å². The SMILES string of the molecule is COc1ccc(C)nc1C(C)Cc1ccc(C(C)C)c2ncc(C)nc12. The highest BCUT2D eigenvalue weighted by molar-refractivity contribution is 5.82. The highest BCUT2D eigenvalue weighted by Gasteiger charge is 2.18. The van der Waals surface area contributed by atoms with Crippen LogP contribution in [0.2, 0.25) is 0 Å². The summed E-state index contributed by atoms with van der Waals surface area (Å²) in [6.07, 6.45) is 2.70. The molecule has 26 heavy (non-hydrogen) atoms. The summed E-state index contributed by atoms with van der Waals surface area (Å²) in [5, 5.41) is 0. The first-order valence-corrected chi connectivity index (χ1v) is 9.17. The third-order valence-electron chi connectivity index (χ3n) is 4.79. The second kappa shape index (κ2) is 7.40. The zero-order valence-corrected chi connectivity index (χ0v) is 16.5. The minimum Gasteiger partial charge on any atom is -0.495 e. The van der Waals surface area contributed by atoms with Crippen LogP contribution in [-0.2, 0) is 6.42 Å². The molecule has 136 valence electrons. The average molecular weight is 349 g/mol. The lowest BCUT2D eigenvalue weighted by atomic mass is 9.92. The summed E-state index contributed by atoms with van der Waals surface area (Å²) in [6.45, 7) is 10.6. The maximum absolute atomic E-state index is 5.53. The largest absolute Gasteiger partial charge is 0.495 e. The molecule has 0 fully saturated rings. The number of hydrogen-bond donors (Lipinski definition) is 0. The van der Waals surface area contributed by atoms with Gasteiger partial charge in [-0.15, -0.1) is 0 Å². The van der Waals surface area contributed by atoms with Gasteiger partial charge in [-0.2, -0.15) is 0 Å². The van der Waals surface area contributed by atoms with Gasteiger partial charge in [-0.25, -0.2) is 4.98 Å². The van der Waals surface area contributed by atoms with E-state index in [9.17, 15) is 0 Å². The van der Waals surface area contributed by atoms with Gasteiger partial charge in [0.2, 0.25) is 0 Å². The van der Waals surface area contributed by atoms with Gasteiger partial charge < -0.3 is 4.74 Å². The molecular weight excluding hydrogens is 322 g/mol. The molecule has 0 spiro atoms. The summed E-state index contributed by atoms with van der Waals surface area (Å²) in [5.41, 5.74) is 7.42. The Morgan fingerprint density at radius 1 is 0.923 bits per heavy atom. The summed E-state index contributed by atoms with van der Waals surface area (Å²) in [4.78, 5) is 14.2. The molecule has 0 saturated carbocycles. The van der Waals surface area contributed by atoms with Crippen molar-refractivity contribution in [2.24, 2.45) is 0 Å². The van der Waals surface area contributed by atoms with E-state index in [-0.39, 0.29) is 5.92 Å². The van der Waals surface area contributed by atoms with Gasteiger partial charge in [-0.05, 0) is 49.4 Å². The third-order valence-corrected chi connectivity index (χ3v) is 4.79. The molecule has 1 unspecified atom stereocenters. The van der Waals surface area contributed by atoms with Crippen molar-refractivity contribution in [1.29, 1.82) is 0 Å². The Balaban J connectivity index is 2.05. The van der Waals surface area contributed by atoms with Crippen molar-refractivity contribution >= 4 is 11.0 Å². The van der Waals surface area contributed by atoms with E-state index in [2.05, 4.69) is 37.9 Å². The number of fused-ring (bicyclic) bond motifs is 1. The van der Waals surface area contributed by atoms with Crippen molar-refractivity contribution in [1.82, 2.24) is 15.0 Å². The normalized spacial score (nSPS) is 12.6. The summed E-state index contributed by atoms with van der Waals surface area (Å²) in [6, 6.07) is 8.37. The first-order chi connectivity index (χ1) is 12.4. The van der Waals surface area contributed by atoms with Crippen molar-refractivity contribution in [2.75, 3.05) is 7.11 Å². The van der Waals surface area contributed by atoms with Gasteiger partial charge in [0.15, 0.2) is 0 Å². The molecule has 2 aromatic heterocycles. The fourth-order valence-electron chi connectivity index (χ4n) is 3.41. The van der Waals surface area contributed by atoms with Crippen molar-refractivity contribution in [2.45, 2.75) is 52.9 Å². The Kier molecular flexibility index (Phi) is 5.21. The van der Waals surface area contributed by atoms with Crippen LogP contribution >= 0.6 is 0 Å². The van der Waals surface area contributed by atoms with E-state index in [0.29, 0.717) is 5.92 Å². The smallest absolute Gasteiger partial charge is 0.140 e. The van der Waals surface area contributed by atoms with Gasteiger partial charge in [-0.3, -0.25) is 9.97 Å². The highest BCUT2D eigenvalue weighted by atomic mass is 16.5. The molecule has 0 amide bonds. The third kappa shape index (κ3) is 3.55. The number of methoxy groups -OCH3 is 1. The van der Waals surface area contributed by atoms with E-state index in [1.54, 1.807) is 7.11 Å². The minimum absolute atomic E-state index is 0.222. The van der Waals surface area contributed by atoms with Gasteiger partial charge in [0.25, 0.3) is 0 Å². The fourth-order valence-corrected chi connectivity index (χ4v) is 3.41. The zero-order valence-electron chi connectivity index (χ0n) is 16.5. The van der Waals surface area contributed by atoms with Gasteiger partial charge in [0.05, 0.1) is 29.5 Å². The summed E-state index contributed by atoms with van der Waals surface area (Å²) >= 11 is 0. The molecule has 0 saturated heterocycles. The number of ether oxygens (including phenoxy) is 1. The number of hydrogen-bond acceptors (Lipinski definition) is 4. The summed E-state index contributed by atoms with van der Waals surface area (Å²) in [5.74, 6) is 1.48. The molecule has 0 aliphatic rings. The van der Waals surface area contributed by atoms with E-state index in [1.165, 1.54) is 11.1 Å². The molecule has 3 aromatic rings. The van der Waals surface area contributed by atoms with Gasteiger partial charge in [-0.1, -0.05) is 32.9 Å². The van der Waals surface area contributed by atoms with Crippen molar-refractivity contribution < 1.29 is 4.74 Å². The Labute approximate surface area is 155 Å². The maximum Gasteiger partial charge on any atom is 0.140 e. The standard InChI is InChI=1S/C22H27N3O/c1-13(2)18-9-8-17(21-22(18)23-12-16(5)25-21)11-14(3)20-19(26-6)10-7-15(4)24-20/h7-10,12-14H,11H2,1-6H3. The Hall–Kier alpha value is -2.49. The molecule has 2 heterocycles. The monoisotopic (exact) mass is 349 g/mol. The predicted molar refractivity (Wildman–Crippen MR) is 106 cm³/mol. The van der Waals surface area contributed by atoms with Gasteiger partial charge >= 0.3 is 0 Å². The van der Waals surface area contributed by atoms with Crippen LogP contribution < -0.4 is 4.74 Å². The Morgan fingerprint density at radius 3 is 2.38 bits per heavy atom. The maximum atomic E-state index is 5.53. The Morgan fingerprint density at radius 2 is 1.69 bits per heavy atom. The lowest BCUT2D eigenvalue weighted by Gasteiger charge is -2.17. The van der Waals surface area contributed by atoms with Crippen LogP contribution in [0.3, 0.4) is 0 Å². The van der Waals surface area contributed by atoms with Gasteiger partial charge in [0.1, 0.15) is 5.75 Å². The fraction of sp³-hybridized carbons (Fsp3) is 0.409. The number of benzene rings is 1. The molecule has 0 radical (unpaired) electrons. The number of rotatable bonds is 5. The van der Waals surface area contributed by atoms with Crippen LogP contribution in [0.1, 0.15) is 60.8 Å². The van der Waals surface area contributed by atoms with E-state index in [1.807, 2.05) is 32.2 Å². The van der Waals surface area contributed by atoms with Crippen LogP contribution in [0.4, 0.5) is 0 Å². The molecule has 1 aromatic carbocycles. The number of aryl methyl sites for hydroxylation is 2. The molecule has 1 atom stereocenters. The van der Waals surface area contributed by atoms with Crippen molar-refractivity contribution in [3.8, 4) is 5.75 Å². The predicted octanol–water partition coefficient (Wildman–Crippen LogP) is 5.12. The molecule has 4 heteroatoms. The highest BCUT2D eigenvalue weighted by Crippen LogP contribution is 2.31. The summed E-state index contributed by atoms with van der Waals surface area (Å²) < 4.78 is 5.53. The van der Waals surface area contributed by atoms with E-state index >= 15 is 0 Å². The minimum atomic E-state index is 0.222. The van der Waals surface area contributed by atoms with E-state index in [0.717, 1.165) is 40.3 Å². The number of nitrogens with zero attached hydrogens (tertiary/aromatic N) is 3. The van der Waals surface area contributed by atoms with Crippen LogP contribution in [0.15, 0.2) is 30.5 Å².